The van der Waals surface area contributed by atoms with Crippen molar-refractivity contribution in [2.75, 3.05) is 12.4 Å². The monoisotopic (exact) mass is 336 g/mol. The number of nitrogens with one attached hydrogen (secondary N) is 1. The standard InChI is InChI=1S/C19H16N2O4/c1-10-13(11(2)22)9-14(16-15(10)18(24)21(3)19(16)25)20-17(23)12-7-5-4-6-8-12/h4-9H,1-3H3,(H,20,23). The number of ketones is 1. The lowest BCUT2D eigenvalue weighted by Crippen LogP contribution is -2.24. The molecule has 0 atom stereocenters. The maximum Gasteiger partial charge on any atom is 0.263 e. The van der Waals surface area contributed by atoms with Crippen molar-refractivity contribution in [3.63, 3.8) is 0 Å². The minimum Gasteiger partial charge on any atom is -0.321 e. The molecule has 0 aromatic heterocycles. The van der Waals surface area contributed by atoms with E-state index in [0.29, 0.717) is 16.7 Å². The highest BCUT2D eigenvalue weighted by atomic mass is 16.2. The molecule has 0 unspecified atom stereocenters. The first-order valence-electron chi connectivity index (χ1n) is 7.70. The molecule has 1 aliphatic heterocycles. The smallest absolute Gasteiger partial charge is 0.263 e. The summed E-state index contributed by atoms with van der Waals surface area (Å²) < 4.78 is 0. The van der Waals surface area contributed by atoms with Crippen LogP contribution in [0.25, 0.3) is 0 Å². The average molecular weight is 336 g/mol. The molecule has 3 rings (SSSR count). The highest BCUT2D eigenvalue weighted by molar-refractivity contribution is 6.26. The Morgan fingerprint density at radius 3 is 2.20 bits per heavy atom. The molecule has 1 aliphatic rings. The molecular formula is C19H16N2O4. The fourth-order valence-electron chi connectivity index (χ4n) is 2.95. The van der Waals surface area contributed by atoms with E-state index >= 15 is 0 Å². The van der Waals surface area contributed by atoms with Crippen molar-refractivity contribution in [1.29, 1.82) is 0 Å². The zero-order valence-corrected chi connectivity index (χ0v) is 14.0. The van der Waals surface area contributed by atoms with E-state index in [4.69, 9.17) is 0 Å². The van der Waals surface area contributed by atoms with E-state index in [1.54, 1.807) is 37.3 Å². The summed E-state index contributed by atoms with van der Waals surface area (Å²) in [6.45, 7) is 3.01. The number of amides is 3. The molecule has 0 radical (unpaired) electrons. The van der Waals surface area contributed by atoms with Crippen molar-refractivity contribution in [3.05, 3.63) is 64.2 Å². The topological polar surface area (TPSA) is 83.6 Å². The Kier molecular flexibility index (Phi) is 3.96. The van der Waals surface area contributed by atoms with Gasteiger partial charge >= 0.3 is 0 Å². The summed E-state index contributed by atoms with van der Waals surface area (Å²) in [4.78, 5) is 50.2. The lowest BCUT2D eigenvalue weighted by molar-refractivity contribution is 0.0693. The number of anilines is 1. The Morgan fingerprint density at radius 1 is 1.00 bits per heavy atom. The van der Waals surface area contributed by atoms with Crippen LogP contribution in [-0.4, -0.2) is 35.5 Å². The SMILES string of the molecule is CC(=O)c1cc(NC(=O)c2ccccc2)c2c(c1C)C(=O)N(C)C2=O. The zero-order valence-electron chi connectivity index (χ0n) is 14.0. The van der Waals surface area contributed by atoms with Crippen LogP contribution in [0.3, 0.4) is 0 Å². The number of nitrogens with zero attached hydrogens (tertiary/aromatic N) is 1. The number of imide groups is 1. The van der Waals surface area contributed by atoms with Crippen molar-refractivity contribution in [2.45, 2.75) is 13.8 Å². The van der Waals surface area contributed by atoms with Crippen molar-refractivity contribution >= 4 is 29.2 Å². The molecule has 3 amide bonds. The fraction of sp³-hybridized carbons (Fsp3) is 0.158. The Hall–Kier alpha value is -3.28. The molecule has 0 bridgehead atoms. The molecule has 6 nitrogen and oxygen atoms in total. The molecule has 0 aliphatic carbocycles. The van der Waals surface area contributed by atoms with Gasteiger partial charge in [-0.05, 0) is 37.6 Å². The lowest BCUT2D eigenvalue weighted by atomic mass is 9.94. The molecule has 1 heterocycles. The van der Waals surface area contributed by atoms with Gasteiger partial charge in [0.15, 0.2) is 5.78 Å². The number of hydrogen-bond donors (Lipinski definition) is 1. The number of fused-ring (bicyclic) bond motifs is 1. The van der Waals surface area contributed by atoms with Crippen molar-refractivity contribution in [1.82, 2.24) is 4.90 Å². The van der Waals surface area contributed by atoms with E-state index < -0.39 is 17.7 Å². The van der Waals surface area contributed by atoms with Crippen LogP contribution in [0.15, 0.2) is 36.4 Å². The van der Waals surface area contributed by atoms with Crippen LogP contribution in [0.4, 0.5) is 5.69 Å². The third-order valence-electron chi connectivity index (χ3n) is 4.29. The van der Waals surface area contributed by atoms with Crippen LogP contribution in [-0.2, 0) is 0 Å². The summed E-state index contributed by atoms with van der Waals surface area (Å²) in [7, 11) is 1.38. The largest absolute Gasteiger partial charge is 0.321 e. The Labute approximate surface area is 144 Å². The van der Waals surface area contributed by atoms with Gasteiger partial charge in [0, 0.05) is 18.2 Å². The minimum absolute atomic E-state index is 0.124. The van der Waals surface area contributed by atoms with Gasteiger partial charge in [-0.15, -0.1) is 0 Å². The molecule has 25 heavy (non-hydrogen) atoms. The number of benzene rings is 2. The van der Waals surface area contributed by atoms with Crippen molar-refractivity contribution in [2.24, 2.45) is 0 Å². The van der Waals surface area contributed by atoms with Gasteiger partial charge in [-0.25, -0.2) is 0 Å². The van der Waals surface area contributed by atoms with Crippen LogP contribution in [0.2, 0.25) is 0 Å². The Bertz CT molecular complexity index is 932. The molecule has 126 valence electrons. The molecule has 6 heteroatoms. The zero-order chi connectivity index (χ0) is 18.3. The number of carbonyl (C=O) groups is 4. The first kappa shape index (κ1) is 16.6. The molecule has 2 aromatic carbocycles. The van der Waals surface area contributed by atoms with Gasteiger partial charge < -0.3 is 5.32 Å². The van der Waals surface area contributed by atoms with Crippen molar-refractivity contribution < 1.29 is 19.2 Å². The van der Waals surface area contributed by atoms with Crippen LogP contribution in [0.5, 0.6) is 0 Å². The molecule has 0 spiro atoms. The van der Waals surface area contributed by atoms with Gasteiger partial charge in [-0.1, -0.05) is 18.2 Å². The summed E-state index contributed by atoms with van der Waals surface area (Å²) in [6, 6.07) is 9.95. The first-order chi connectivity index (χ1) is 11.8. The number of Topliss-reactive ketones (excluding diaryl/α,β-unsaturated/α-hetero) is 1. The maximum absolute atomic E-state index is 12.4. The second kappa shape index (κ2) is 5.98. The summed E-state index contributed by atoms with van der Waals surface area (Å²) in [5, 5.41) is 2.66. The van der Waals surface area contributed by atoms with Crippen LogP contribution in [0, 0.1) is 6.92 Å². The molecule has 0 fully saturated rings. The number of carbonyl (C=O) groups excluding carboxylic acids is 4. The molecule has 0 saturated carbocycles. The van der Waals surface area contributed by atoms with Gasteiger partial charge in [0.2, 0.25) is 0 Å². The fourth-order valence-corrected chi connectivity index (χ4v) is 2.95. The molecular weight excluding hydrogens is 320 g/mol. The third-order valence-corrected chi connectivity index (χ3v) is 4.29. The normalized spacial score (nSPS) is 13.0. The molecule has 0 saturated heterocycles. The Morgan fingerprint density at radius 2 is 1.60 bits per heavy atom. The van der Waals surface area contributed by atoms with E-state index in [1.807, 2.05) is 0 Å². The van der Waals surface area contributed by atoms with E-state index in [0.717, 1.165) is 4.90 Å². The highest BCUT2D eigenvalue weighted by Crippen LogP contribution is 2.34. The predicted octanol–water partition coefficient (Wildman–Crippen LogP) is 2.68. The predicted molar refractivity (Wildman–Crippen MR) is 92.0 cm³/mol. The maximum atomic E-state index is 12.4. The summed E-state index contributed by atoms with van der Waals surface area (Å²) in [5.74, 6) is -1.64. The second-order valence-corrected chi connectivity index (χ2v) is 5.89. The quantitative estimate of drug-likeness (QED) is 0.690. The number of hydrogen-bond acceptors (Lipinski definition) is 4. The molecule has 2 aromatic rings. The first-order valence-corrected chi connectivity index (χ1v) is 7.70. The highest BCUT2D eigenvalue weighted by Gasteiger charge is 2.38. The third kappa shape index (κ3) is 2.61. The van der Waals surface area contributed by atoms with E-state index in [9.17, 15) is 19.2 Å². The summed E-state index contributed by atoms with van der Waals surface area (Å²) in [5.41, 5.74) is 1.62. The van der Waals surface area contributed by atoms with Crippen LogP contribution >= 0.6 is 0 Å². The van der Waals surface area contributed by atoms with E-state index in [1.165, 1.54) is 20.0 Å². The van der Waals surface area contributed by atoms with Gasteiger partial charge in [0.25, 0.3) is 17.7 Å². The van der Waals surface area contributed by atoms with E-state index in [2.05, 4.69) is 5.32 Å². The van der Waals surface area contributed by atoms with Gasteiger partial charge in [-0.3, -0.25) is 24.1 Å². The molecule has 1 N–H and O–H groups in total. The number of rotatable bonds is 3. The summed E-state index contributed by atoms with van der Waals surface area (Å²) >= 11 is 0. The van der Waals surface area contributed by atoms with Crippen molar-refractivity contribution in [3.8, 4) is 0 Å². The average Bonchev–Trinajstić information content (AvgIpc) is 2.82. The van der Waals surface area contributed by atoms with Crippen LogP contribution < -0.4 is 5.32 Å². The summed E-state index contributed by atoms with van der Waals surface area (Å²) in [6.07, 6.45) is 0. The minimum atomic E-state index is -0.499. The Balaban J connectivity index is 2.16. The van der Waals surface area contributed by atoms with Gasteiger partial charge in [0.05, 0.1) is 16.8 Å². The van der Waals surface area contributed by atoms with Crippen LogP contribution in [0.1, 0.15) is 53.9 Å². The van der Waals surface area contributed by atoms with Gasteiger partial charge in [0.1, 0.15) is 0 Å². The van der Waals surface area contributed by atoms with Gasteiger partial charge in [-0.2, -0.15) is 0 Å². The van der Waals surface area contributed by atoms with E-state index in [-0.39, 0.29) is 22.6 Å². The lowest BCUT2D eigenvalue weighted by Gasteiger charge is -2.13. The second-order valence-electron chi connectivity index (χ2n) is 5.89.